The van der Waals surface area contributed by atoms with Crippen LogP contribution in [-0.2, 0) is 11.2 Å². The number of aromatic nitrogens is 5. The van der Waals surface area contributed by atoms with Crippen molar-refractivity contribution in [2.45, 2.75) is 25.3 Å². The number of pyridine rings is 1. The van der Waals surface area contributed by atoms with Crippen LogP contribution in [0.25, 0.3) is 34.1 Å². The third-order valence-corrected chi connectivity index (χ3v) is 9.57. The zero-order chi connectivity index (χ0) is 33.9. The van der Waals surface area contributed by atoms with Gasteiger partial charge in [0.05, 0.1) is 17.9 Å². The van der Waals surface area contributed by atoms with E-state index in [-0.39, 0.29) is 11.7 Å². The molecule has 2 saturated heterocycles. The van der Waals surface area contributed by atoms with Crippen molar-refractivity contribution in [2.75, 3.05) is 64.9 Å². The van der Waals surface area contributed by atoms with Crippen LogP contribution in [-0.4, -0.2) is 106 Å². The number of nitrogens with zero attached hydrogens (tertiary/aromatic N) is 8. The first kappa shape index (κ1) is 32.5. The largest absolute Gasteiger partial charge is 0.493 e. The van der Waals surface area contributed by atoms with Crippen molar-refractivity contribution in [1.29, 1.82) is 0 Å². The van der Waals surface area contributed by atoms with Gasteiger partial charge >= 0.3 is 0 Å². The molecule has 3 aliphatic heterocycles. The van der Waals surface area contributed by atoms with Crippen molar-refractivity contribution >= 4 is 22.9 Å². The molecule has 0 atom stereocenters. The topological polar surface area (TPSA) is 96.6 Å². The number of likely N-dealkylation sites (tertiary alicyclic amines) is 1. The number of rotatable bonds is 6. The van der Waals surface area contributed by atoms with Gasteiger partial charge in [-0.1, -0.05) is 24.8 Å². The van der Waals surface area contributed by atoms with Crippen LogP contribution in [0.1, 0.15) is 18.4 Å². The molecule has 0 unspecified atom stereocenters. The number of carbonyl (C=O) groups excluding carboxylic acids is 1. The van der Waals surface area contributed by atoms with Crippen LogP contribution in [0.4, 0.5) is 10.2 Å². The Balaban J connectivity index is 0.000000269. The molecule has 6 heterocycles. The number of piperidine rings is 1. The number of carbonyl (C=O) groups is 1. The van der Waals surface area contributed by atoms with Crippen LogP contribution in [0, 0.1) is 5.82 Å². The number of piperazine rings is 1. The second kappa shape index (κ2) is 14.2. The molecule has 11 nitrogen and oxygen atoms in total. The Hall–Kier alpha value is -5.07. The Kier molecular flexibility index (Phi) is 9.41. The van der Waals surface area contributed by atoms with E-state index >= 15 is 0 Å². The molecule has 2 fully saturated rings. The molecule has 1 N–H and O–H groups in total. The van der Waals surface area contributed by atoms with E-state index in [2.05, 4.69) is 34.8 Å². The molecular formula is C37H42FN9O2. The van der Waals surface area contributed by atoms with E-state index in [1.165, 1.54) is 17.7 Å². The van der Waals surface area contributed by atoms with E-state index < -0.39 is 0 Å². The summed E-state index contributed by atoms with van der Waals surface area (Å²) in [4.78, 5) is 27.4. The third-order valence-electron chi connectivity index (χ3n) is 9.57. The monoisotopic (exact) mass is 663 g/mol. The molecule has 5 aromatic rings. The molecule has 254 valence electrons. The Bertz CT molecular complexity index is 1950. The summed E-state index contributed by atoms with van der Waals surface area (Å²) >= 11 is 0. The summed E-state index contributed by atoms with van der Waals surface area (Å²) in [5, 5.41) is 8.03. The van der Waals surface area contributed by atoms with Crippen molar-refractivity contribution in [2.24, 2.45) is 0 Å². The number of benzene rings is 2. The molecule has 12 heteroatoms. The number of imidazole rings is 1. The average Bonchev–Trinajstić information content (AvgIpc) is 3.90. The van der Waals surface area contributed by atoms with Gasteiger partial charge in [0, 0.05) is 70.1 Å². The van der Waals surface area contributed by atoms with Crippen molar-refractivity contribution < 1.29 is 13.9 Å². The Morgan fingerprint density at radius 1 is 0.980 bits per heavy atom. The minimum atomic E-state index is -0.333. The van der Waals surface area contributed by atoms with Crippen LogP contribution in [0.2, 0.25) is 0 Å². The highest BCUT2D eigenvalue weighted by Crippen LogP contribution is 2.34. The fourth-order valence-corrected chi connectivity index (χ4v) is 6.60. The fourth-order valence-electron chi connectivity index (χ4n) is 6.60. The summed E-state index contributed by atoms with van der Waals surface area (Å²) in [5.41, 5.74) is 3.71. The van der Waals surface area contributed by atoms with Crippen molar-refractivity contribution in [1.82, 2.24) is 39.4 Å². The highest BCUT2D eigenvalue weighted by atomic mass is 19.1. The maximum atomic E-state index is 14.9. The zero-order valence-corrected chi connectivity index (χ0v) is 28.1. The Labute approximate surface area is 285 Å². The molecule has 0 saturated carbocycles. The molecule has 0 bridgehead atoms. The van der Waals surface area contributed by atoms with Gasteiger partial charge in [-0.15, -0.1) is 5.10 Å². The summed E-state index contributed by atoms with van der Waals surface area (Å²) < 4.78 is 24.5. The van der Waals surface area contributed by atoms with E-state index in [4.69, 9.17) is 19.8 Å². The molecule has 0 spiro atoms. The van der Waals surface area contributed by atoms with Gasteiger partial charge in [-0.2, -0.15) is 0 Å². The van der Waals surface area contributed by atoms with Gasteiger partial charge in [0.1, 0.15) is 22.9 Å². The highest BCUT2D eigenvalue weighted by molar-refractivity contribution is 5.87. The van der Waals surface area contributed by atoms with Gasteiger partial charge in [0.2, 0.25) is 5.91 Å². The van der Waals surface area contributed by atoms with Gasteiger partial charge in [-0.05, 0) is 68.9 Å². The quantitative estimate of drug-likeness (QED) is 0.266. The molecule has 0 aliphatic carbocycles. The lowest BCUT2D eigenvalue weighted by Crippen LogP contribution is -2.44. The van der Waals surface area contributed by atoms with Crippen LogP contribution >= 0.6 is 0 Å². The number of ether oxygens (including phenoxy) is 1. The lowest BCUT2D eigenvalue weighted by atomic mass is 10.1. The van der Waals surface area contributed by atoms with Crippen LogP contribution < -0.4 is 15.0 Å². The van der Waals surface area contributed by atoms with E-state index in [9.17, 15) is 9.18 Å². The molecule has 49 heavy (non-hydrogen) atoms. The Morgan fingerprint density at radius 2 is 1.78 bits per heavy atom. The lowest BCUT2D eigenvalue weighted by Gasteiger charge is -2.32. The van der Waals surface area contributed by atoms with Gasteiger partial charge in [-0.3, -0.25) is 9.36 Å². The number of amides is 1. The summed E-state index contributed by atoms with van der Waals surface area (Å²) in [7, 11) is 4.11. The first-order valence-corrected chi connectivity index (χ1v) is 16.9. The maximum Gasteiger partial charge on any atom is 0.245 e. The van der Waals surface area contributed by atoms with Crippen LogP contribution in [0.3, 0.4) is 0 Å². The van der Waals surface area contributed by atoms with Crippen molar-refractivity contribution in [3.8, 4) is 28.6 Å². The SMILES string of the molecule is C=CC(=O)N1CCC(NC)CC1.CN1CCN(c2ccn(-c3ccc4nc(-c5ccccc5F)n(-c5ccc6c(c5)OCC6)c4n3)n2)CC1. The zero-order valence-electron chi connectivity index (χ0n) is 28.1. The number of hydrogen-bond donors (Lipinski definition) is 1. The van der Waals surface area contributed by atoms with Crippen molar-refractivity contribution in [3.05, 3.63) is 90.9 Å². The number of nitrogens with one attached hydrogen (secondary N) is 1. The van der Waals surface area contributed by atoms with Gasteiger partial charge in [-0.25, -0.2) is 19.0 Å². The first-order valence-electron chi connectivity index (χ1n) is 16.9. The number of anilines is 1. The predicted molar refractivity (Wildman–Crippen MR) is 189 cm³/mol. The fraction of sp³-hybridized carbons (Fsp3) is 0.351. The second-order valence-corrected chi connectivity index (χ2v) is 12.7. The summed E-state index contributed by atoms with van der Waals surface area (Å²) in [6.45, 7) is 9.76. The summed E-state index contributed by atoms with van der Waals surface area (Å²) in [6, 6.07) is 19.2. The predicted octanol–water partition coefficient (Wildman–Crippen LogP) is 4.48. The van der Waals surface area contributed by atoms with E-state index in [0.717, 1.165) is 75.8 Å². The second-order valence-electron chi connectivity index (χ2n) is 12.7. The maximum absolute atomic E-state index is 14.9. The summed E-state index contributed by atoms with van der Waals surface area (Å²) in [5.74, 6) is 2.68. The molecule has 0 radical (unpaired) electrons. The first-order chi connectivity index (χ1) is 23.9. The normalized spacial score (nSPS) is 16.6. The number of fused-ring (bicyclic) bond motifs is 2. The molecule has 1 amide bonds. The number of hydrogen-bond acceptors (Lipinski definition) is 8. The highest BCUT2D eigenvalue weighted by Gasteiger charge is 2.23. The average molecular weight is 664 g/mol. The Morgan fingerprint density at radius 3 is 2.53 bits per heavy atom. The van der Waals surface area contributed by atoms with Crippen molar-refractivity contribution in [3.63, 3.8) is 0 Å². The van der Waals surface area contributed by atoms with E-state index in [1.54, 1.807) is 16.8 Å². The van der Waals surface area contributed by atoms with Gasteiger partial charge in [0.25, 0.3) is 0 Å². The number of halogens is 1. The van der Waals surface area contributed by atoms with E-state index in [1.807, 2.05) is 59.1 Å². The van der Waals surface area contributed by atoms with E-state index in [0.29, 0.717) is 41.0 Å². The molecular weight excluding hydrogens is 621 g/mol. The van der Waals surface area contributed by atoms with Crippen LogP contribution in [0.5, 0.6) is 5.75 Å². The minimum absolute atomic E-state index is 0.0598. The third kappa shape index (κ3) is 6.79. The molecule has 3 aliphatic rings. The lowest BCUT2D eigenvalue weighted by molar-refractivity contribution is -0.127. The summed E-state index contributed by atoms with van der Waals surface area (Å²) in [6.07, 6.45) is 6.31. The molecule has 8 rings (SSSR count). The van der Waals surface area contributed by atoms with Gasteiger partial charge < -0.3 is 24.8 Å². The number of likely N-dealkylation sites (N-methyl/N-ethyl adjacent to an activating group) is 1. The van der Waals surface area contributed by atoms with Crippen LogP contribution in [0.15, 0.2) is 79.5 Å². The smallest absolute Gasteiger partial charge is 0.245 e. The molecule has 2 aromatic carbocycles. The minimum Gasteiger partial charge on any atom is -0.493 e. The standard InChI is InChI=1S/C28H26FN7O.C9H16N2O/c1-33-13-15-34(16-14-33)26-10-12-35(32-26)25-9-8-23-28(31-25)36(20-7-6-19-11-17-37-24(19)18-20)27(30-23)21-4-2-3-5-22(21)29;1-3-9(12)11-6-4-8(10-2)5-7-11/h2-10,12,18H,11,13-17H2,1H3;3,8,10H,1,4-7H2,2H3. The van der Waals surface area contributed by atoms with Gasteiger partial charge in [0.15, 0.2) is 17.3 Å². The molecule has 3 aromatic heterocycles.